The zero-order chi connectivity index (χ0) is 14.3. The van der Waals surface area contributed by atoms with Gasteiger partial charge in [0, 0.05) is 18.7 Å². The summed E-state index contributed by atoms with van der Waals surface area (Å²) >= 11 is 0. The molecule has 0 aliphatic carbocycles. The van der Waals surface area contributed by atoms with Gasteiger partial charge in [0.25, 0.3) is 6.43 Å². The molecule has 1 rings (SSSR count). The maximum Gasteiger partial charge on any atom is 0.411 e. The summed E-state index contributed by atoms with van der Waals surface area (Å²) in [6.45, 7) is -0.853. The van der Waals surface area contributed by atoms with Crippen molar-refractivity contribution in [2.24, 2.45) is 0 Å². The molecule has 0 aliphatic heterocycles. The summed E-state index contributed by atoms with van der Waals surface area (Å²) in [4.78, 5) is 0. The number of halogens is 5. The van der Waals surface area contributed by atoms with Crippen molar-refractivity contribution in [2.75, 3.05) is 19.8 Å². The van der Waals surface area contributed by atoms with Gasteiger partial charge in [0.05, 0.1) is 6.61 Å². The number of nitrogens with one attached hydrogen (secondary N) is 1. The molecule has 0 heterocycles. The molecule has 1 N–H and O–H groups in total. The molecule has 0 amide bonds. The second-order valence-electron chi connectivity index (χ2n) is 3.89. The first-order valence-corrected chi connectivity index (χ1v) is 5.60. The van der Waals surface area contributed by atoms with Gasteiger partial charge in [-0.05, 0) is 11.6 Å². The third-order valence-corrected chi connectivity index (χ3v) is 2.22. The average molecular weight is 283 g/mol. The van der Waals surface area contributed by atoms with Gasteiger partial charge in [-0.1, -0.05) is 18.2 Å². The van der Waals surface area contributed by atoms with Crippen molar-refractivity contribution in [1.82, 2.24) is 5.32 Å². The van der Waals surface area contributed by atoms with Gasteiger partial charge in [-0.15, -0.1) is 0 Å². The monoisotopic (exact) mass is 283 g/mol. The van der Waals surface area contributed by atoms with Gasteiger partial charge in [-0.2, -0.15) is 13.2 Å². The van der Waals surface area contributed by atoms with E-state index in [2.05, 4.69) is 10.1 Å². The molecule has 0 spiro atoms. The van der Waals surface area contributed by atoms with E-state index in [1.807, 2.05) is 0 Å². The first kappa shape index (κ1) is 15.8. The summed E-state index contributed by atoms with van der Waals surface area (Å²) in [5.74, 6) is 0. The molecule has 0 aromatic heterocycles. The van der Waals surface area contributed by atoms with Crippen LogP contribution < -0.4 is 5.32 Å². The maximum atomic E-state index is 12.4. The average Bonchev–Trinajstić information content (AvgIpc) is 2.32. The molecule has 7 heteroatoms. The second-order valence-corrected chi connectivity index (χ2v) is 3.89. The Morgan fingerprint density at radius 1 is 1.21 bits per heavy atom. The highest BCUT2D eigenvalue weighted by Gasteiger charge is 2.27. The van der Waals surface area contributed by atoms with Crippen molar-refractivity contribution < 1.29 is 26.7 Å². The standard InChI is InChI=1S/C12H14F5NO/c13-11(14)10-3-1-2-9(6-10)7-18-4-5-19-8-12(15,16)17/h1-3,6,11,18H,4-5,7-8H2. The van der Waals surface area contributed by atoms with Crippen LogP contribution in [0.5, 0.6) is 0 Å². The van der Waals surface area contributed by atoms with Crippen molar-refractivity contribution >= 4 is 0 Å². The van der Waals surface area contributed by atoms with Gasteiger partial charge >= 0.3 is 6.18 Å². The SMILES string of the molecule is FC(F)c1cccc(CNCCOCC(F)(F)F)c1. The minimum absolute atomic E-state index is 0.0763. The van der Waals surface area contributed by atoms with E-state index in [-0.39, 0.29) is 18.7 Å². The van der Waals surface area contributed by atoms with Crippen molar-refractivity contribution in [3.05, 3.63) is 35.4 Å². The van der Waals surface area contributed by atoms with Gasteiger partial charge in [0.2, 0.25) is 0 Å². The quantitative estimate of drug-likeness (QED) is 0.612. The van der Waals surface area contributed by atoms with Gasteiger partial charge in [-0.3, -0.25) is 0 Å². The summed E-state index contributed by atoms with van der Waals surface area (Å²) in [5.41, 5.74) is 0.571. The lowest BCUT2D eigenvalue weighted by Gasteiger charge is -2.09. The van der Waals surface area contributed by atoms with E-state index in [0.717, 1.165) is 0 Å². The molecule has 0 radical (unpaired) electrons. The first-order valence-electron chi connectivity index (χ1n) is 5.60. The molecule has 19 heavy (non-hydrogen) atoms. The first-order chi connectivity index (χ1) is 8.88. The molecule has 0 fully saturated rings. The lowest BCUT2D eigenvalue weighted by molar-refractivity contribution is -0.173. The number of alkyl halides is 5. The van der Waals surface area contributed by atoms with E-state index in [4.69, 9.17) is 0 Å². The Kier molecular flexibility index (Phi) is 6.17. The van der Waals surface area contributed by atoms with Crippen LogP contribution >= 0.6 is 0 Å². The van der Waals surface area contributed by atoms with Crippen LogP contribution in [-0.4, -0.2) is 25.9 Å². The highest BCUT2D eigenvalue weighted by Crippen LogP contribution is 2.19. The number of benzene rings is 1. The molecule has 0 saturated carbocycles. The fraction of sp³-hybridized carbons (Fsp3) is 0.500. The number of hydrogen-bond donors (Lipinski definition) is 1. The molecule has 0 saturated heterocycles. The third-order valence-electron chi connectivity index (χ3n) is 2.22. The molecule has 0 bridgehead atoms. The highest BCUT2D eigenvalue weighted by atomic mass is 19.4. The lowest BCUT2D eigenvalue weighted by atomic mass is 10.1. The van der Waals surface area contributed by atoms with E-state index in [9.17, 15) is 22.0 Å². The number of hydrogen-bond acceptors (Lipinski definition) is 2. The normalized spacial score (nSPS) is 12.1. The van der Waals surface area contributed by atoms with Gasteiger partial charge in [0.1, 0.15) is 6.61 Å². The zero-order valence-electron chi connectivity index (χ0n) is 10.0. The van der Waals surface area contributed by atoms with Gasteiger partial charge in [0.15, 0.2) is 0 Å². The van der Waals surface area contributed by atoms with Gasteiger partial charge < -0.3 is 10.1 Å². The summed E-state index contributed by atoms with van der Waals surface area (Å²) in [5, 5.41) is 2.82. The molecule has 1 aromatic rings. The zero-order valence-corrected chi connectivity index (χ0v) is 10.0. The van der Waals surface area contributed by atoms with E-state index < -0.39 is 19.2 Å². The largest absolute Gasteiger partial charge is 0.411 e. The Balaban J connectivity index is 2.21. The molecule has 108 valence electrons. The smallest absolute Gasteiger partial charge is 0.371 e. The Morgan fingerprint density at radius 2 is 1.95 bits per heavy atom. The summed E-state index contributed by atoms with van der Waals surface area (Å²) < 4.78 is 64.4. The van der Waals surface area contributed by atoms with Crippen LogP contribution in [0.2, 0.25) is 0 Å². The predicted molar refractivity (Wildman–Crippen MR) is 60.0 cm³/mol. The van der Waals surface area contributed by atoms with Crippen molar-refractivity contribution in [1.29, 1.82) is 0 Å². The van der Waals surface area contributed by atoms with Crippen LogP contribution in [0.3, 0.4) is 0 Å². The molecule has 0 unspecified atom stereocenters. The van der Waals surface area contributed by atoms with Crippen LogP contribution in [0.4, 0.5) is 22.0 Å². The summed E-state index contributed by atoms with van der Waals surface area (Å²) in [6.07, 6.45) is -6.86. The van der Waals surface area contributed by atoms with Gasteiger partial charge in [-0.25, -0.2) is 8.78 Å². The minimum Gasteiger partial charge on any atom is -0.371 e. The number of ether oxygens (including phenoxy) is 1. The van der Waals surface area contributed by atoms with E-state index in [0.29, 0.717) is 12.1 Å². The Morgan fingerprint density at radius 3 is 2.58 bits per heavy atom. The fourth-order valence-corrected chi connectivity index (χ4v) is 1.40. The van der Waals surface area contributed by atoms with E-state index in [1.165, 1.54) is 18.2 Å². The maximum absolute atomic E-state index is 12.4. The third kappa shape index (κ3) is 7.07. The highest BCUT2D eigenvalue weighted by molar-refractivity contribution is 5.24. The van der Waals surface area contributed by atoms with Crippen molar-refractivity contribution in [3.8, 4) is 0 Å². The van der Waals surface area contributed by atoms with Crippen molar-refractivity contribution in [2.45, 2.75) is 19.1 Å². The molecule has 0 atom stereocenters. The Labute approximate surface area is 107 Å². The summed E-state index contributed by atoms with van der Waals surface area (Å²) in [7, 11) is 0. The Hall–Kier alpha value is -1.21. The Bertz CT molecular complexity index is 381. The topological polar surface area (TPSA) is 21.3 Å². The predicted octanol–water partition coefficient (Wildman–Crippen LogP) is 3.29. The summed E-state index contributed by atoms with van der Waals surface area (Å²) in [6, 6.07) is 5.85. The molecular formula is C12H14F5NO. The molecular weight excluding hydrogens is 269 g/mol. The van der Waals surface area contributed by atoms with Crippen LogP contribution in [0.15, 0.2) is 24.3 Å². The van der Waals surface area contributed by atoms with E-state index in [1.54, 1.807) is 6.07 Å². The van der Waals surface area contributed by atoms with Crippen LogP contribution in [0.25, 0.3) is 0 Å². The van der Waals surface area contributed by atoms with Crippen LogP contribution in [-0.2, 0) is 11.3 Å². The van der Waals surface area contributed by atoms with E-state index >= 15 is 0 Å². The van der Waals surface area contributed by atoms with Crippen LogP contribution in [0.1, 0.15) is 17.6 Å². The van der Waals surface area contributed by atoms with Crippen molar-refractivity contribution in [3.63, 3.8) is 0 Å². The minimum atomic E-state index is -4.33. The lowest BCUT2D eigenvalue weighted by Crippen LogP contribution is -2.23. The van der Waals surface area contributed by atoms with Crippen LogP contribution in [0, 0.1) is 0 Å². The second kappa shape index (κ2) is 7.40. The molecule has 2 nitrogen and oxygen atoms in total. The fourth-order valence-electron chi connectivity index (χ4n) is 1.40. The molecule has 1 aromatic carbocycles. The number of rotatable bonds is 7. The molecule has 0 aliphatic rings.